The van der Waals surface area contributed by atoms with E-state index in [0.717, 1.165) is 28.2 Å². The summed E-state index contributed by atoms with van der Waals surface area (Å²) in [6.07, 6.45) is 4.52. The Kier molecular flexibility index (Phi) is 6.78. The second-order valence-electron chi connectivity index (χ2n) is 10.4. The Balaban J connectivity index is 1.26. The lowest BCUT2D eigenvalue weighted by atomic mass is 10.0. The van der Waals surface area contributed by atoms with Crippen molar-refractivity contribution in [2.24, 2.45) is 0 Å². The van der Waals surface area contributed by atoms with Crippen molar-refractivity contribution in [2.75, 3.05) is 6.26 Å². The monoisotopic (exact) mass is 604 g/mol. The molecule has 3 heterocycles. The zero-order chi connectivity index (χ0) is 29.8. The second-order valence-corrected chi connectivity index (χ2v) is 12.8. The number of carbonyl (C=O) groups is 3. The highest BCUT2D eigenvalue weighted by Crippen LogP contribution is 2.34. The summed E-state index contributed by atoms with van der Waals surface area (Å²) in [6, 6.07) is 15.4. The van der Waals surface area contributed by atoms with Crippen molar-refractivity contribution < 1.29 is 27.9 Å². The van der Waals surface area contributed by atoms with Crippen LogP contribution in [0.5, 0.6) is 0 Å². The van der Waals surface area contributed by atoms with E-state index in [1.807, 2.05) is 29.0 Å². The van der Waals surface area contributed by atoms with E-state index in [9.17, 15) is 27.9 Å². The molecule has 12 heteroatoms. The number of aromatic amines is 1. The smallest absolute Gasteiger partial charge is 0.326 e. The maximum atomic E-state index is 13.4. The molecule has 0 fully saturated rings. The standard InChI is InChI=1S/C30H25ClN4O6S/c1-42(40,41)21-4-2-3-17(11-21)12-25(30(38)39)33-28(36)26-22-8-10-34-16-35(15-20(27(22)34)13-23(26)31)29(37)19-6-5-18-7-9-32-24(18)14-19/h2-11,13-14,25,32H,12,15-16H2,1H3,(H,33,36)(H,38,39). The molecule has 1 atom stereocenters. The van der Waals surface area contributed by atoms with Gasteiger partial charge in [-0.15, -0.1) is 0 Å². The predicted molar refractivity (Wildman–Crippen MR) is 157 cm³/mol. The highest BCUT2D eigenvalue weighted by molar-refractivity contribution is 7.90. The molecule has 42 heavy (non-hydrogen) atoms. The van der Waals surface area contributed by atoms with Gasteiger partial charge in [-0.25, -0.2) is 13.2 Å². The quantitative estimate of drug-likeness (QED) is 0.254. The second kappa shape index (κ2) is 10.3. The molecule has 2 amide bonds. The van der Waals surface area contributed by atoms with Crippen molar-refractivity contribution in [3.8, 4) is 0 Å². The average Bonchev–Trinajstić information content (AvgIpc) is 3.59. The Morgan fingerprint density at radius 2 is 1.90 bits per heavy atom. The van der Waals surface area contributed by atoms with Crippen molar-refractivity contribution in [1.82, 2.24) is 19.8 Å². The van der Waals surface area contributed by atoms with Crippen molar-refractivity contribution >= 4 is 61.0 Å². The summed E-state index contributed by atoms with van der Waals surface area (Å²) in [5.41, 5.74) is 3.47. The third-order valence-corrected chi connectivity index (χ3v) is 8.86. The molecular weight excluding hydrogens is 580 g/mol. The van der Waals surface area contributed by atoms with Crippen LogP contribution in [0.4, 0.5) is 0 Å². The Morgan fingerprint density at radius 3 is 2.67 bits per heavy atom. The van der Waals surface area contributed by atoms with Gasteiger partial charge in [0.2, 0.25) is 0 Å². The molecule has 0 spiro atoms. The molecule has 1 aliphatic heterocycles. The summed E-state index contributed by atoms with van der Waals surface area (Å²) in [7, 11) is -3.49. The van der Waals surface area contributed by atoms with Crippen LogP contribution < -0.4 is 5.32 Å². The number of aromatic nitrogens is 2. The number of H-pyrrole nitrogens is 1. The Morgan fingerprint density at radius 1 is 1.10 bits per heavy atom. The molecule has 3 N–H and O–H groups in total. The number of fused-ring (bicyclic) bond motifs is 1. The number of hydrogen-bond donors (Lipinski definition) is 3. The van der Waals surface area contributed by atoms with Crippen molar-refractivity contribution in [1.29, 1.82) is 0 Å². The molecule has 3 aromatic carbocycles. The van der Waals surface area contributed by atoms with Crippen molar-refractivity contribution in [2.45, 2.75) is 30.6 Å². The minimum atomic E-state index is -3.49. The molecule has 2 aromatic heterocycles. The van der Waals surface area contributed by atoms with Gasteiger partial charge < -0.3 is 24.9 Å². The van der Waals surface area contributed by atoms with E-state index < -0.39 is 27.8 Å². The normalized spacial score (nSPS) is 13.8. The van der Waals surface area contributed by atoms with Crippen LogP contribution in [0.15, 0.2) is 78.0 Å². The summed E-state index contributed by atoms with van der Waals surface area (Å²) in [6.45, 7) is 0.535. The van der Waals surface area contributed by atoms with Crippen LogP contribution in [0.1, 0.15) is 31.8 Å². The number of nitrogens with one attached hydrogen (secondary N) is 2. The summed E-state index contributed by atoms with van der Waals surface area (Å²) in [5.74, 6) is -2.10. The maximum Gasteiger partial charge on any atom is 0.326 e. The van der Waals surface area contributed by atoms with Gasteiger partial charge >= 0.3 is 5.97 Å². The van der Waals surface area contributed by atoms with Gasteiger partial charge in [0.15, 0.2) is 9.84 Å². The predicted octanol–water partition coefficient (Wildman–Crippen LogP) is 4.22. The first kappa shape index (κ1) is 27.6. The third kappa shape index (κ3) is 5.01. The zero-order valence-corrected chi connectivity index (χ0v) is 23.9. The molecular formula is C30H25ClN4O6S. The van der Waals surface area contributed by atoms with E-state index in [1.54, 1.807) is 35.4 Å². The minimum absolute atomic E-state index is 0.0592. The summed E-state index contributed by atoms with van der Waals surface area (Å²) < 4.78 is 25.7. The number of carbonyl (C=O) groups excluding carboxylic acids is 2. The number of halogens is 1. The van der Waals surface area contributed by atoms with Crippen LogP contribution in [-0.4, -0.2) is 58.1 Å². The highest BCUT2D eigenvalue weighted by Gasteiger charge is 2.29. The van der Waals surface area contributed by atoms with E-state index in [4.69, 9.17) is 11.6 Å². The van der Waals surface area contributed by atoms with Crippen LogP contribution in [0.3, 0.4) is 0 Å². The molecule has 6 rings (SSSR count). The van der Waals surface area contributed by atoms with E-state index in [-0.39, 0.29) is 41.0 Å². The van der Waals surface area contributed by atoms with Gasteiger partial charge in [-0.1, -0.05) is 29.8 Å². The molecule has 0 saturated carbocycles. The summed E-state index contributed by atoms with van der Waals surface area (Å²) >= 11 is 6.61. The lowest BCUT2D eigenvalue weighted by molar-refractivity contribution is -0.139. The molecule has 1 aliphatic rings. The van der Waals surface area contributed by atoms with Gasteiger partial charge in [-0.3, -0.25) is 9.59 Å². The zero-order valence-electron chi connectivity index (χ0n) is 22.3. The first-order chi connectivity index (χ1) is 20.0. The van der Waals surface area contributed by atoms with Crippen LogP contribution in [0.25, 0.3) is 21.8 Å². The molecule has 214 valence electrons. The largest absolute Gasteiger partial charge is 0.480 e. The van der Waals surface area contributed by atoms with Crippen LogP contribution in [-0.2, 0) is 34.3 Å². The molecule has 10 nitrogen and oxygen atoms in total. The SMILES string of the molecule is CS(=O)(=O)c1cccc(CC(NC(=O)c2c(Cl)cc3c4c2ccn4CN(C(=O)c2ccc4cc[nH]c4c2)C3)C(=O)O)c1. The Hall–Kier alpha value is -4.61. The number of amides is 2. The first-order valence-electron chi connectivity index (χ1n) is 13.0. The number of carboxylic acids is 1. The third-order valence-electron chi connectivity index (χ3n) is 7.45. The van der Waals surface area contributed by atoms with Gasteiger partial charge in [0, 0.05) is 48.1 Å². The number of sulfone groups is 1. The Bertz CT molecular complexity index is 2030. The number of benzene rings is 3. The van der Waals surface area contributed by atoms with Gasteiger partial charge in [-0.2, -0.15) is 0 Å². The van der Waals surface area contributed by atoms with Gasteiger partial charge in [0.25, 0.3) is 11.8 Å². The molecule has 0 saturated heterocycles. The van der Waals surface area contributed by atoms with Crippen LogP contribution in [0.2, 0.25) is 5.02 Å². The fraction of sp³-hybridized carbons (Fsp3) is 0.167. The van der Waals surface area contributed by atoms with E-state index in [1.165, 1.54) is 18.2 Å². The van der Waals surface area contributed by atoms with E-state index in [2.05, 4.69) is 10.3 Å². The summed E-state index contributed by atoms with van der Waals surface area (Å²) in [4.78, 5) is 43.8. The number of nitrogens with zero attached hydrogens (tertiary/aromatic N) is 2. The number of carboxylic acid groups (broad SMARTS) is 1. The van der Waals surface area contributed by atoms with Gasteiger partial charge in [-0.05, 0) is 59.0 Å². The van der Waals surface area contributed by atoms with Crippen molar-refractivity contribution in [3.05, 3.63) is 100 Å². The minimum Gasteiger partial charge on any atom is -0.480 e. The summed E-state index contributed by atoms with van der Waals surface area (Å²) in [5, 5.41) is 14.1. The highest BCUT2D eigenvalue weighted by atomic mass is 35.5. The molecule has 0 radical (unpaired) electrons. The van der Waals surface area contributed by atoms with E-state index >= 15 is 0 Å². The molecule has 5 aromatic rings. The number of aliphatic carboxylic acids is 1. The first-order valence-corrected chi connectivity index (χ1v) is 15.3. The number of hydrogen-bond acceptors (Lipinski definition) is 5. The average molecular weight is 605 g/mol. The fourth-order valence-electron chi connectivity index (χ4n) is 5.43. The molecule has 1 unspecified atom stereocenters. The Labute approximate surface area is 245 Å². The maximum absolute atomic E-state index is 13.4. The van der Waals surface area contributed by atoms with E-state index in [0.29, 0.717) is 16.5 Å². The fourth-order valence-corrected chi connectivity index (χ4v) is 6.44. The molecule has 0 aliphatic carbocycles. The number of rotatable bonds is 7. The topological polar surface area (TPSA) is 142 Å². The van der Waals surface area contributed by atoms with Gasteiger partial charge in [0.05, 0.1) is 27.7 Å². The van der Waals surface area contributed by atoms with Crippen LogP contribution in [0, 0.1) is 0 Å². The molecule has 0 bridgehead atoms. The lowest BCUT2D eigenvalue weighted by Crippen LogP contribution is -2.42. The van der Waals surface area contributed by atoms with Crippen LogP contribution >= 0.6 is 11.6 Å². The lowest BCUT2D eigenvalue weighted by Gasteiger charge is -2.29. The van der Waals surface area contributed by atoms with Gasteiger partial charge in [0.1, 0.15) is 6.04 Å². The van der Waals surface area contributed by atoms with Crippen molar-refractivity contribution in [3.63, 3.8) is 0 Å².